The Hall–Kier alpha value is -2.53. The molecule has 3 rings (SSSR count). The van der Waals surface area contributed by atoms with Crippen LogP contribution in [0.25, 0.3) is 0 Å². The van der Waals surface area contributed by atoms with Gasteiger partial charge in [-0.1, -0.05) is 0 Å². The zero-order chi connectivity index (χ0) is 15.0. The second-order valence-electron chi connectivity index (χ2n) is 4.67. The van der Waals surface area contributed by atoms with Crippen LogP contribution in [0.4, 0.5) is 10.7 Å². The van der Waals surface area contributed by atoms with Crippen molar-refractivity contribution in [3.8, 4) is 6.07 Å². The van der Waals surface area contributed by atoms with Crippen LogP contribution < -0.4 is 16.0 Å². The molecule has 2 aromatic heterocycles. The number of carbonyl (C=O) groups excluding carboxylic acids is 1. The quantitative estimate of drug-likeness (QED) is 0.854. The Morgan fingerprint density at radius 3 is 3.10 bits per heavy atom. The number of rotatable bonds is 2. The molecule has 0 saturated carbocycles. The Balaban J connectivity index is 2.00. The van der Waals surface area contributed by atoms with E-state index in [1.165, 1.54) is 11.3 Å². The van der Waals surface area contributed by atoms with Gasteiger partial charge in [-0.15, -0.1) is 11.3 Å². The van der Waals surface area contributed by atoms with E-state index < -0.39 is 0 Å². The molecule has 1 aliphatic rings. The summed E-state index contributed by atoms with van der Waals surface area (Å²) in [7, 11) is 1.55. The van der Waals surface area contributed by atoms with Crippen molar-refractivity contribution in [2.75, 3.05) is 24.2 Å². The minimum atomic E-state index is -0.265. The van der Waals surface area contributed by atoms with Crippen molar-refractivity contribution in [3.05, 3.63) is 28.7 Å². The van der Waals surface area contributed by atoms with Gasteiger partial charge in [-0.2, -0.15) is 5.26 Å². The number of carbonyl (C=O) groups is 1. The molecule has 0 aliphatic carbocycles. The fourth-order valence-corrected chi connectivity index (χ4v) is 3.53. The molecule has 0 spiro atoms. The molecule has 0 saturated heterocycles. The Bertz CT molecular complexity index is 740. The lowest BCUT2D eigenvalue weighted by molar-refractivity contribution is 0.0968. The molecule has 21 heavy (non-hydrogen) atoms. The van der Waals surface area contributed by atoms with Crippen molar-refractivity contribution in [1.29, 1.82) is 5.26 Å². The van der Waals surface area contributed by atoms with E-state index in [0.717, 1.165) is 23.9 Å². The van der Waals surface area contributed by atoms with Gasteiger partial charge in [0, 0.05) is 32.5 Å². The van der Waals surface area contributed by atoms with Gasteiger partial charge in [-0.05, 0) is 0 Å². The molecule has 0 fully saturated rings. The van der Waals surface area contributed by atoms with Gasteiger partial charge in [0.15, 0.2) is 0 Å². The molecule has 0 unspecified atom stereocenters. The maximum Gasteiger partial charge on any atom is 0.263 e. The van der Waals surface area contributed by atoms with E-state index in [-0.39, 0.29) is 11.6 Å². The highest BCUT2D eigenvalue weighted by Gasteiger charge is 2.26. The first-order valence-corrected chi connectivity index (χ1v) is 7.26. The highest BCUT2D eigenvalue weighted by molar-refractivity contribution is 7.19. The summed E-state index contributed by atoms with van der Waals surface area (Å²) in [5, 5.41) is 12.6. The molecule has 1 amide bonds. The first kappa shape index (κ1) is 13.5. The normalized spacial score (nSPS) is 13.6. The van der Waals surface area contributed by atoms with Crippen LogP contribution in [0.1, 0.15) is 21.1 Å². The minimum Gasteiger partial charge on any atom is -0.396 e. The number of nitriles is 1. The number of anilines is 2. The number of fused-ring (bicyclic) bond motifs is 1. The van der Waals surface area contributed by atoms with E-state index in [4.69, 9.17) is 5.73 Å². The summed E-state index contributed by atoms with van der Waals surface area (Å²) in [6.45, 7) is 2.16. The van der Waals surface area contributed by atoms with Gasteiger partial charge in [-0.3, -0.25) is 4.79 Å². The van der Waals surface area contributed by atoms with Gasteiger partial charge in [0.2, 0.25) is 0 Å². The summed E-state index contributed by atoms with van der Waals surface area (Å²) in [4.78, 5) is 18.6. The van der Waals surface area contributed by atoms with Gasteiger partial charge >= 0.3 is 0 Å². The van der Waals surface area contributed by atoms with Gasteiger partial charge in [0.1, 0.15) is 27.3 Å². The first-order chi connectivity index (χ1) is 10.2. The maximum absolute atomic E-state index is 11.8. The number of amides is 1. The van der Waals surface area contributed by atoms with Crippen LogP contribution in [-0.2, 0) is 13.1 Å². The number of nitrogens with zero attached hydrogens (tertiary/aromatic N) is 4. The number of aromatic nitrogens is 2. The summed E-state index contributed by atoms with van der Waals surface area (Å²) in [6, 6.07) is 2.11. The number of nitrogens with two attached hydrogens (primary N) is 1. The zero-order valence-corrected chi connectivity index (χ0v) is 12.3. The predicted molar refractivity (Wildman–Crippen MR) is 80.1 cm³/mol. The lowest BCUT2D eigenvalue weighted by Gasteiger charge is -2.28. The van der Waals surface area contributed by atoms with Crippen LogP contribution in [0, 0.1) is 11.3 Å². The van der Waals surface area contributed by atoms with E-state index in [0.29, 0.717) is 17.0 Å². The summed E-state index contributed by atoms with van der Waals surface area (Å²) >= 11 is 1.26. The number of hydrogen-bond acceptors (Lipinski definition) is 6. The van der Waals surface area contributed by atoms with Crippen LogP contribution in [0.2, 0.25) is 0 Å². The van der Waals surface area contributed by atoms with Crippen LogP contribution in [0.15, 0.2) is 12.4 Å². The van der Waals surface area contributed by atoms with Crippen molar-refractivity contribution in [2.24, 2.45) is 0 Å². The molecule has 1 aliphatic heterocycles. The van der Waals surface area contributed by atoms with E-state index in [2.05, 4.69) is 20.9 Å². The molecule has 7 nitrogen and oxygen atoms in total. The molecule has 108 valence electrons. The Morgan fingerprint density at radius 1 is 1.57 bits per heavy atom. The maximum atomic E-state index is 11.8. The Morgan fingerprint density at radius 2 is 2.38 bits per heavy atom. The molecule has 0 bridgehead atoms. The third kappa shape index (κ3) is 2.11. The van der Waals surface area contributed by atoms with Crippen LogP contribution in [0.5, 0.6) is 0 Å². The summed E-state index contributed by atoms with van der Waals surface area (Å²) in [6.07, 6.45) is 3.71. The average Bonchev–Trinajstić information content (AvgIpc) is 3.09. The molecule has 0 radical (unpaired) electrons. The topological polar surface area (TPSA) is 100.0 Å². The smallest absolute Gasteiger partial charge is 0.263 e. The molecule has 3 N–H and O–H groups in total. The molecule has 2 aromatic rings. The highest BCUT2D eigenvalue weighted by atomic mass is 32.1. The summed E-state index contributed by atoms with van der Waals surface area (Å²) < 4.78 is 2.08. The molecule has 0 atom stereocenters. The summed E-state index contributed by atoms with van der Waals surface area (Å²) in [5.74, 6) is 0.678. The van der Waals surface area contributed by atoms with E-state index in [1.54, 1.807) is 13.2 Å². The average molecular weight is 302 g/mol. The Kier molecular flexibility index (Phi) is 3.27. The van der Waals surface area contributed by atoms with Crippen molar-refractivity contribution in [3.63, 3.8) is 0 Å². The second-order valence-corrected chi connectivity index (χ2v) is 5.67. The standard InChI is InChI=1S/C13H14N6OS/c1-16-12(20)11-10(15)8(6-14)13(21-11)19-5-4-18-3-2-17-9(18)7-19/h2-3H,4-5,7,15H2,1H3,(H,16,20). The minimum absolute atomic E-state index is 0.255. The van der Waals surface area contributed by atoms with Gasteiger partial charge in [-0.25, -0.2) is 4.98 Å². The number of nitrogen functional groups attached to an aromatic ring is 1. The lowest BCUT2D eigenvalue weighted by atomic mass is 10.2. The number of hydrogen-bond donors (Lipinski definition) is 2. The fourth-order valence-electron chi connectivity index (χ4n) is 2.39. The van der Waals surface area contributed by atoms with Crippen LogP contribution >= 0.6 is 11.3 Å². The van der Waals surface area contributed by atoms with E-state index in [1.807, 2.05) is 11.1 Å². The van der Waals surface area contributed by atoms with Gasteiger partial charge in [0.05, 0.1) is 12.2 Å². The zero-order valence-electron chi connectivity index (χ0n) is 11.5. The van der Waals surface area contributed by atoms with Crippen molar-refractivity contribution < 1.29 is 4.79 Å². The predicted octanol–water partition coefficient (Wildman–Crippen LogP) is 0.778. The summed E-state index contributed by atoms with van der Waals surface area (Å²) in [5.41, 5.74) is 6.58. The SMILES string of the molecule is CNC(=O)c1sc(N2CCn3ccnc3C2)c(C#N)c1N. The van der Waals surface area contributed by atoms with E-state index >= 15 is 0 Å². The van der Waals surface area contributed by atoms with E-state index in [9.17, 15) is 10.1 Å². The second kappa shape index (κ2) is 5.10. The number of thiophene rings is 1. The molecular formula is C13H14N6OS. The van der Waals surface area contributed by atoms with Crippen LogP contribution in [0.3, 0.4) is 0 Å². The first-order valence-electron chi connectivity index (χ1n) is 6.45. The number of nitrogens with one attached hydrogen (secondary N) is 1. The largest absolute Gasteiger partial charge is 0.396 e. The van der Waals surface area contributed by atoms with Gasteiger partial charge in [0.25, 0.3) is 5.91 Å². The van der Waals surface area contributed by atoms with Crippen molar-refractivity contribution >= 4 is 27.9 Å². The van der Waals surface area contributed by atoms with Gasteiger partial charge < -0.3 is 20.5 Å². The molecule has 3 heterocycles. The highest BCUT2D eigenvalue weighted by Crippen LogP contribution is 2.38. The Labute approximate surface area is 125 Å². The monoisotopic (exact) mass is 302 g/mol. The number of imidazole rings is 1. The molecular weight excluding hydrogens is 288 g/mol. The molecule has 0 aromatic carbocycles. The lowest BCUT2D eigenvalue weighted by Crippen LogP contribution is -2.33. The third-order valence-corrected chi connectivity index (χ3v) is 4.77. The van der Waals surface area contributed by atoms with Crippen molar-refractivity contribution in [1.82, 2.24) is 14.9 Å². The fraction of sp³-hybridized carbons (Fsp3) is 0.308. The third-order valence-electron chi connectivity index (χ3n) is 3.50. The molecule has 8 heteroatoms. The van der Waals surface area contributed by atoms with Crippen molar-refractivity contribution in [2.45, 2.75) is 13.1 Å². The van der Waals surface area contributed by atoms with Crippen LogP contribution in [-0.4, -0.2) is 29.1 Å².